The van der Waals surface area contributed by atoms with Crippen LogP contribution >= 0.6 is 11.3 Å². The second-order valence-corrected chi connectivity index (χ2v) is 5.94. The quantitative estimate of drug-likeness (QED) is 0.692. The molecule has 0 aliphatic rings. The van der Waals surface area contributed by atoms with Crippen molar-refractivity contribution >= 4 is 40.4 Å². The number of carbonyl (C=O) groups is 2. The van der Waals surface area contributed by atoms with Crippen molar-refractivity contribution in [3.63, 3.8) is 0 Å². The summed E-state index contributed by atoms with van der Waals surface area (Å²) in [5.74, 6) is 0.734. The van der Waals surface area contributed by atoms with Gasteiger partial charge in [0.25, 0.3) is 5.91 Å². The standard InChI is InChI=1S/C17H14N4O2S/c1-11(22)12-4-6-13(7-5-12)18-15-8-9-16(21-20-15)19-17(23)14-3-2-10-24-14/h2-10H,1H3,(H,18,20)(H,19,21,23). The molecule has 2 aromatic heterocycles. The number of nitrogens with zero attached hydrogens (tertiary/aromatic N) is 2. The van der Waals surface area contributed by atoms with E-state index in [0.717, 1.165) is 5.69 Å². The molecule has 3 rings (SSSR count). The average molecular weight is 338 g/mol. The summed E-state index contributed by atoms with van der Waals surface area (Å²) in [7, 11) is 0. The molecule has 0 fully saturated rings. The molecular formula is C17H14N4O2S. The number of amides is 1. The Kier molecular flexibility index (Phi) is 4.62. The van der Waals surface area contributed by atoms with Gasteiger partial charge in [-0.05, 0) is 54.8 Å². The van der Waals surface area contributed by atoms with Crippen LogP contribution in [0, 0.1) is 0 Å². The van der Waals surface area contributed by atoms with Crippen LogP contribution in [-0.2, 0) is 0 Å². The lowest BCUT2D eigenvalue weighted by molar-refractivity contribution is 0.101. The highest BCUT2D eigenvalue weighted by Gasteiger charge is 2.08. The van der Waals surface area contributed by atoms with Crippen molar-refractivity contribution in [3.05, 3.63) is 64.4 Å². The fourth-order valence-electron chi connectivity index (χ4n) is 1.99. The third-order valence-electron chi connectivity index (χ3n) is 3.21. The molecule has 0 saturated carbocycles. The van der Waals surface area contributed by atoms with Gasteiger partial charge in [0, 0.05) is 11.3 Å². The van der Waals surface area contributed by atoms with Crippen molar-refractivity contribution in [1.29, 1.82) is 0 Å². The third-order valence-corrected chi connectivity index (χ3v) is 4.08. The Hall–Kier alpha value is -3.06. The lowest BCUT2D eigenvalue weighted by Crippen LogP contribution is -2.12. The molecular weight excluding hydrogens is 324 g/mol. The maximum Gasteiger partial charge on any atom is 0.266 e. The third kappa shape index (κ3) is 3.82. The smallest absolute Gasteiger partial charge is 0.266 e. The van der Waals surface area contributed by atoms with Crippen LogP contribution in [0.25, 0.3) is 0 Å². The summed E-state index contributed by atoms with van der Waals surface area (Å²) >= 11 is 1.36. The second kappa shape index (κ2) is 7.01. The lowest BCUT2D eigenvalue weighted by Gasteiger charge is -2.07. The van der Waals surface area contributed by atoms with Crippen molar-refractivity contribution in [3.8, 4) is 0 Å². The Morgan fingerprint density at radius 1 is 0.958 bits per heavy atom. The second-order valence-electron chi connectivity index (χ2n) is 4.99. The molecule has 0 unspecified atom stereocenters. The van der Waals surface area contributed by atoms with Crippen molar-refractivity contribution in [2.75, 3.05) is 10.6 Å². The highest BCUT2D eigenvalue weighted by Crippen LogP contribution is 2.17. The van der Waals surface area contributed by atoms with E-state index in [1.54, 1.807) is 42.5 Å². The topological polar surface area (TPSA) is 84.0 Å². The molecule has 1 amide bonds. The minimum atomic E-state index is -0.208. The monoisotopic (exact) mass is 338 g/mol. The van der Waals surface area contributed by atoms with E-state index >= 15 is 0 Å². The predicted octanol–water partition coefficient (Wildman–Crippen LogP) is 3.74. The summed E-state index contributed by atoms with van der Waals surface area (Å²) < 4.78 is 0. The van der Waals surface area contributed by atoms with Gasteiger partial charge in [0.1, 0.15) is 0 Å². The number of nitrogens with one attached hydrogen (secondary N) is 2. The number of benzene rings is 1. The summed E-state index contributed by atoms with van der Waals surface area (Å²) in [5.41, 5.74) is 1.45. The molecule has 120 valence electrons. The van der Waals surface area contributed by atoms with Gasteiger partial charge in [-0.2, -0.15) is 0 Å². The molecule has 0 saturated heterocycles. The fraction of sp³-hybridized carbons (Fsp3) is 0.0588. The Morgan fingerprint density at radius 2 is 1.67 bits per heavy atom. The number of hydrogen-bond donors (Lipinski definition) is 2. The van der Waals surface area contributed by atoms with E-state index in [0.29, 0.717) is 22.1 Å². The zero-order valence-corrected chi connectivity index (χ0v) is 13.6. The van der Waals surface area contributed by atoms with Gasteiger partial charge in [0.2, 0.25) is 0 Å². The van der Waals surface area contributed by atoms with E-state index < -0.39 is 0 Å². The number of aromatic nitrogens is 2. The molecule has 0 spiro atoms. The van der Waals surface area contributed by atoms with Crippen molar-refractivity contribution < 1.29 is 9.59 Å². The van der Waals surface area contributed by atoms with Crippen LogP contribution < -0.4 is 10.6 Å². The zero-order valence-electron chi connectivity index (χ0n) is 12.8. The number of ketones is 1. The summed E-state index contributed by atoms with van der Waals surface area (Å²) in [6.45, 7) is 1.52. The lowest BCUT2D eigenvalue weighted by atomic mass is 10.1. The molecule has 1 aromatic carbocycles. The Balaban J connectivity index is 1.64. The highest BCUT2D eigenvalue weighted by atomic mass is 32.1. The van der Waals surface area contributed by atoms with Gasteiger partial charge < -0.3 is 10.6 Å². The molecule has 24 heavy (non-hydrogen) atoms. The van der Waals surface area contributed by atoms with Crippen LogP contribution in [0.1, 0.15) is 27.0 Å². The first-order valence-corrected chi connectivity index (χ1v) is 8.06. The maximum absolute atomic E-state index is 11.9. The van der Waals surface area contributed by atoms with Gasteiger partial charge in [-0.1, -0.05) is 6.07 Å². The molecule has 2 N–H and O–H groups in total. The molecule has 0 atom stereocenters. The minimum Gasteiger partial charge on any atom is -0.339 e. The van der Waals surface area contributed by atoms with Crippen LogP contribution in [0.2, 0.25) is 0 Å². The average Bonchev–Trinajstić information content (AvgIpc) is 3.12. The number of hydrogen-bond acceptors (Lipinski definition) is 6. The summed E-state index contributed by atoms with van der Waals surface area (Å²) in [6, 6.07) is 14.0. The first-order valence-electron chi connectivity index (χ1n) is 7.18. The molecule has 0 aliphatic carbocycles. The van der Waals surface area contributed by atoms with Crippen LogP contribution in [0.15, 0.2) is 53.9 Å². The molecule has 0 aliphatic heterocycles. The molecule has 3 aromatic rings. The molecule has 7 heteroatoms. The summed E-state index contributed by atoms with van der Waals surface area (Å²) in [5, 5.41) is 15.6. The molecule has 0 radical (unpaired) electrons. The van der Waals surface area contributed by atoms with Crippen LogP contribution in [0.3, 0.4) is 0 Å². The van der Waals surface area contributed by atoms with Gasteiger partial charge in [-0.3, -0.25) is 9.59 Å². The SMILES string of the molecule is CC(=O)c1ccc(Nc2ccc(NC(=O)c3cccs3)nn2)cc1. The summed E-state index contributed by atoms with van der Waals surface area (Å²) in [4.78, 5) is 23.8. The van der Waals surface area contributed by atoms with E-state index in [-0.39, 0.29) is 11.7 Å². The first kappa shape index (κ1) is 15.8. The Labute approximate surface area is 142 Å². The van der Waals surface area contributed by atoms with Crippen LogP contribution in [-0.4, -0.2) is 21.9 Å². The Bertz CT molecular complexity index is 843. The van der Waals surface area contributed by atoms with Crippen molar-refractivity contribution in [2.45, 2.75) is 6.92 Å². The van der Waals surface area contributed by atoms with Gasteiger partial charge in [0.15, 0.2) is 17.4 Å². The molecule has 6 nitrogen and oxygen atoms in total. The van der Waals surface area contributed by atoms with E-state index in [1.807, 2.05) is 11.4 Å². The minimum absolute atomic E-state index is 0.0205. The van der Waals surface area contributed by atoms with Crippen molar-refractivity contribution in [2.24, 2.45) is 0 Å². The maximum atomic E-state index is 11.9. The molecule has 0 bridgehead atoms. The van der Waals surface area contributed by atoms with Gasteiger partial charge >= 0.3 is 0 Å². The van der Waals surface area contributed by atoms with E-state index in [2.05, 4.69) is 20.8 Å². The number of rotatable bonds is 5. The normalized spacial score (nSPS) is 10.2. The fourth-order valence-corrected chi connectivity index (χ4v) is 2.61. The van der Waals surface area contributed by atoms with E-state index in [4.69, 9.17) is 0 Å². The molecule has 2 heterocycles. The largest absolute Gasteiger partial charge is 0.339 e. The van der Waals surface area contributed by atoms with Crippen LogP contribution in [0.4, 0.5) is 17.3 Å². The van der Waals surface area contributed by atoms with Crippen molar-refractivity contribution in [1.82, 2.24) is 10.2 Å². The number of thiophene rings is 1. The number of Topliss-reactive ketones (excluding diaryl/α,β-unsaturated/α-hetero) is 1. The number of anilines is 3. The summed E-state index contributed by atoms with van der Waals surface area (Å²) in [6.07, 6.45) is 0. The van der Waals surface area contributed by atoms with Gasteiger partial charge in [0.05, 0.1) is 4.88 Å². The predicted molar refractivity (Wildman–Crippen MR) is 94.0 cm³/mol. The highest BCUT2D eigenvalue weighted by molar-refractivity contribution is 7.12. The first-order chi connectivity index (χ1) is 11.6. The number of carbonyl (C=O) groups excluding carboxylic acids is 2. The van der Waals surface area contributed by atoms with Gasteiger partial charge in [-0.25, -0.2) is 0 Å². The van der Waals surface area contributed by atoms with Gasteiger partial charge in [-0.15, -0.1) is 21.5 Å². The zero-order chi connectivity index (χ0) is 16.9. The van der Waals surface area contributed by atoms with E-state index in [9.17, 15) is 9.59 Å². The van der Waals surface area contributed by atoms with Crippen LogP contribution in [0.5, 0.6) is 0 Å². The van der Waals surface area contributed by atoms with E-state index in [1.165, 1.54) is 18.3 Å². The Morgan fingerprint density at radius 3 is 2.25 bits per heavy atom.